The normalized spacial score (nSPS) is 27.0. The quantitative estimate of drug-likeness (QED) is 0.296. The van der Waals surface area contributed by atoms with E-state index >= 15 is 8.78 Å². The number of aromatic nitrogens is 3. The molecule has 2 fully saturated rings. The van der Waals surface area contributed by atoms with Crippen LogP contribution >= 0.6 is 0 Å². The monoisotopic (exact) mass is 635 g/mol. The maximum absolute atomic E-state index is 16.1. The summed E-state index contributed by atoms with van der Waals surface area (Å²) in [4.78, 5) is 28.3. The Hall–Kier alpha value is -3.17. The van der Waals surface area contributed by atoms with E-state index in [1.165, 1.54) is 18.2 Å². The van der Waals surface area contributed by atoms with Gasteiger partial charge in [0.25, 0.3) is 11.5 Å². The lowest BCUT2D eigenvalue weighted by Gasteiger charge is -2.35. The van der Waals surface area contributed by atoms with Gasteiger partial charge in [-0.2, -0.15) is 0 Å². The molecule has 9 heteroatoms. The molecule has 0 aliphatic carbocycles. The molecule has 6 heterocycles. The second-order valence-electron chi connectivity index (χ2n) is 13.7. The highest BCUT2D eigenvalue weighted by Gasteiger charge is 2.42. The van der Waals surface area contributed by atoms with Crippen molar-refractivity contribution in [2.24, 2.45) is 5.92 Å². The third kappa shape index (κ3) is 6.91. The van der Waals surface area contributed by atoms with E-state index in [9.17, 15) is 4.79 Å². The maximum atomic E-state index is 16.1. The number of nitrogens with one attached hydrogen (secondary N) is 1. The Morgan fingerprint density at radius 2 is 1.78 bits per heavy atom. The highest BCUT2D eigenvalue weighted by Crippen LogP contribution is 2.42. The number of halogens is 2. The van der Waals surface area contributed by atoms with Crippen molar-refractivity contribution < 1.29 is 12.9 Å². The first-order chi connectivity index (χ1) is 23.3. The lowest BCUT2D eigenvalue weighted by atomic mass is 9.85. The molecule has 248 valence electrons. The van der Waals surface area contributed by atoms with Crippen LogP contribution in [0.1, 0.15) is 104 Å². The fourth-order valence-electron chi connectivity index (χ4n) is 7.44. The molecule has 0 radical (unpaired) electrons. The van der Waals surface area contributed by atoms with Gasteiger partial charge in [-0.1, -0.05) is 30.4 Å². The second-order valence-corrected chi connectivity index (χ2v) is 13.7. The molecule has 4 aliphatic heterocycles. The van der Waals surface area contributed by atoms with E-state index in [2.05, 4.69) is 46.1 Å². The predicted molar refractivity (Wildman–Crippen MR) is 182 cm³/mol. The fraction of sp³-hybridized carbons (Fsp3) is 0.595. The van der Waals surface area contributed by atoms with Gasteiger partial charge in [0.15, 0.2) is 0 Å². The summed E-state index contributed by atoms with van der Waals surface area (Å²) < 4.78 is 59.5. The number of benzene rings is 1. The summed E-state index contributed by atoms with van der Waals surface area (Å²) in [5, 5.41) is 3.74. The third-order valence-electron chi connectivity index (χ3n) is 10.3. The van der Waals surface area contributed by atoms with E-state index in [-0.39, 0.29) is 28.4 Å². The minimum Gasteiger partial charge on any atom is -0.363 e. The Bertz CT molecular complexity index is 1710. The van der Waals surface area contributed by atoms with Crippen LogP contribution in [-0.4, -0.2) is 63.1 Å². The number of alkyl halides is 2. The summed E-state index contributed by atoms with van der Waals surface area (Å²) in [6.45, 7) is 7.65. The summed E-state index contributed by atoms with van der Waals surface area (Å²) in [6.07, 6.45) is 9.20. The molecule has 2 saturated heterocycles. The van der Waals surface area contributed by atoms with Crippen molar-refractivity contribution >= 4 is 16.9 Å². The topological polar surface area (TPSA) is 66.3 Å². The first-order valence-electron chi connectivity index (χ1n) is 18.6. The highest BCUT2D eigenvalue weighted by molar-refractivity contribution is 5.87. The molecule has 46 heavy (non-hydrogen) atoms. The lowest BCUT2D eigenvalue weighted by Crippen LogP contribution is -2.39. The molecule has 1 N–H and O–H groups in total. The Balaban J connectivity index is 1.47. The van der Waals surface area contributed by atoms with Crippen LogP contribution in [0.5, 0.6) is 0 Å². The number of piperidine rings is 2. The van der Waals surface area contributed by atoms with Gasteiger partial charge in [-0.15, -0.1) is 0 Å². The molecule has 0 saturated carbocycles. The molecule has 2 aromatic heterocycles. The van der Waals surface area contributed by atoms with Gasteiger partial charge >= 0.3 is 0 Å². The molecule has 0 amide bonds. The number of anilines is 1. The zero-order valence-electron chi connectivity index (χ0n) is 30.4. The summed E-state index contributed by atoms with van der Waals surface area (Å²) in [5.74, 6) is -3.21. The second kappa shape index (κ2) is 13.9. The molecular formula is C37H50F2N6O. The fourth-order valence-corrected chi connectivity index (χ4v) is 7.44. The van der Waals surface area contributed by atoms with Crippen LogP contribution in [0.2, 0.25) is 0 Å². The number of nitrogens with zero attached hydrogens (tertiary/aromatic N) is 5. The number of aryl methyl sites for hydroxylation is 2. The van der Waals surface area contributed by atoms with E-state index in [1.807, 2.05) is 6.07 Å². The molecule has 7 nitrogen and oxygen atoms in total. The first kappa shape index (κ1) is 29.0. The highest BCUT2D eigenvalue weighted by atomic mass is 19.3. The number of pyridine rings is 1. The van der Waals surface area contributed by atoms with Crippen LogP contribution in [0, 0.1) is 12.8 Å². The molecular weight excluding hydrogens is 582 g/mol. The van der Waals surface area contributed by atoms with Gasteiger partial charge in [-0.3, -0.25) is 14.3 Å². The standard InChI is InChI=1S/C37H50F2N6O/c1-25(2)44-21-13-28(14-22-44)32-24-33-34-40-26(3)29-11-10-12-31(23-29)37(38,39)30-15-19-43(20-16-30)17-8-6-5-7-9-18-45(36(32)46)35(33)42-27(4)41-34/h6,8,10-12,23-26,28,30H,5,7,9,13-22H2,1-4H3,(H,40,41,42)/b8-6-/t26-/m1/s1/i3D3. The van der Waals surface area contributed by atoms with Gasteiger partial charge in [-0.05, 0) is 122 Å². The number of hydrogen-bond acceptors (Lipinski definition) is 6. The molecule has 0 spiro atoms. The van der Waals surface area contributed by atoms with E-state index in [0.717, 1.165) is 51.7 Å². The van der Waals surface area contributed by atoms with Crippen molar-refractivity contribution in [3.63, 3.8) is 0 Å². The van der Waals surface area contributed by atoms with E-state index < -0.39 is 24.7 Å². The van der Waals surface area contributed by atoms with Crippen LogP contribution in [0.3, 0.4) is 0 Å². The van der Waals surface area contributed by atoms with Crippen LogP contribution in [-0.2, 0) is 12.5 Å². The van der Waals surface area contributed by atoms with Crippen LogP contribution in [0.25, 0.3) is 11.0 Å². The SMILES string of the molecule is [2H]C([2H])([2H])[C@H]1Nc2nc(C)nc3c2cc(C2CCN(C(C)C)CC2)c(=O)n3CCCC/C=C\CN2CCC(CC2)C(F)(F)c2cccc1c2. The Morgan fingerprint density at radius 1 is 1.00 bits per heavy atom. The van der Waals surface area contributed by atoms with Gasteiger partial charge < -0.3 is 10.2 Å². The van der Waals surface area contributed by atoms with Crippen molar-refractivity contribution in [1.29, 1.82) is 0 Å². The molecule has 7 rings (SSSR count). The molecule has 4 aliphatic rings. The van der Waals surface area contributed by atoms with Crippen molar-refractivity contribution in [1.82, 2.24) is 24.3 Å². The largest absolute Gasteiger partial charge is 0.363 e. The van der Waals surface area contributed by atoms with Gasteiger partial charge in [0.1, 0.15) is 17.3 Å². The zero-order chi connectivity index (χ0) is 34.9. The molecule has 1 atom stereocenters. The molecule has 3 aromatic rings. The summed E-state index contributed by atoms with van der Waals surface area (Å²) in [7, 11) is 0. The summed E-state index contributed by atoms with van der Waals surface area (Å²) >= 11 is 0. The van der Waals surface area contributed by atoms with E-state index in [0.29, 0.717) is 60.9 Å². The lowest BCUT2D eigenvalue weighted by molar-refractivity contribution is -0.0847. The number of rotatable bonds is 2. The van der Waals surface area contributed by atoms with Crippen LogP contribution in [0.4, 0.5) is 14.6 Å². The average Bonchev–Trinajstić information content (AvgIpc) is 3.07. The average molecular weight is 636 g/mol. The predicted octanol–water partition coefficient (Wildman–Crippen LogP) is 7.40. The Morgan fingerprint density at radius 3 is 2.52 bits per heavy atom. The number of likely N-dealkylation sites (tertiary alicyclic amines) is 1. The van der Waals surface area contributed by atoms with Crippen molar-refractivity contribution in [2.75, 3.05) is 38.0 Å². The van der Waals surface area contributed by atoms with Crippen molar-refractivity contribution in [3.05, 3.63) is 75.4 Å². The summed E-state index contributed by atoms with van der Waals surface area (Å²) in [5.41, 5.74) is 1.17. The first-order valence-corrected chi connectivity index (χ1v) is 17.1. The molecule has 8 bridgehead atoms. The third-order valence-corrected chi connectivity index (χ3v) is 10.3. The van der Waals surface area contributed by atoms with Gasteiger partial charge in [0, 0.05) is 46.3 Å². The Kier molecular flexibility index (Phi) is 8.76. The van der Waals surface area contributed by atoms with E-state index in [1.54, 1.807) is 17.6 Å². The molecule has 0 unspecified atom stereocenters. The smallest absolute Gasteiger partial charge is 0.276 e. The minimum absolute atomic E-state index is 0.0485. The van der Waals surface area contributed by atoms with Crippen molar-refractivity contribution in [2.45, 2.75) is 103 Å². The molecule has 1 aromatic carbocycles. The van der Waals surface area contributed by atoms with Gasteiger partial charge in [-0.25, -0.2) is 18.7 Å². The van der Waals surface area contributed by atoms with Crippen LogP contribution in [0.15, 0.2) is 47.3 Å². The van der Waals surface area contributed by atoms with E-state index in [4.69, 9.17) is 9.10 Å². The van der Waals surface area contributed by atoms with Crippen molar-refractivity contribution in [3.8, 4) is 0 Å². The van der Waals surface area contributed by atoms with Gasteiger partial charge in [0.05, 0.1) is 5.39 Å². The Labute approximate surface area is 276 Å². The number of fused-ring (bicyclic) bond motifs is 8. The minimum atomic E-state index is -3.11. The maximum Gasteiger partial charge on any atom is 0.276 e. The zero-order valence-corrected chi connectivity index (χ0v) is 27.4. The number of hydrogen-bond donors (Lipinski definition) is 1. The summed E-state index contributed by atoms with van der Waals surface area (Å²) in [6, 6.07) is 6.84. The van der Waals surface area contributed by atoms with Gasteiger partial charge in [0.2, 0.25) is 0 Å². The van der Waals surface area contributed by atoms with Crippen LogP contribution < -0.4 is 10.9 Å². The number of allylic oxidation sites excluding steroid dienone is 1.